The summed E-state index contributed by atoms with van der Waals surface area (Å²) in [5, 5.41) is 11.8. The van der Waals surface area contributed by atoms with Gasteiger partial charge in [-0.3, -0.25) is 0 Å². The summed E-state index contributed by atoms with van der Waals surface area (Å²) in [4.78, 5) is 0. The number of halogens is 3. The van der Waals surface area contributed by atoms with Gasteiger partial charge in [-0.2, -0.15) is 5.26 Å². The fourth-order valence-corrected chi connectivity index (χ4v) is 2.29. The molecule has 0 saturated heterocycles. The van der Waals surface area contributed by atoms with Crippen LogP contribution in [0.2, 0.25) is 0 Å². The smallest absolute Gasteiger partial charge is 0.145 e. The van der Waals surface area contributed by atoms with E-state index in [2.05, 4.69) is 21.2 Å². The average molecular weight is 337 g/mol. The van der Waals surface area contributed by atoms with Gasteiger partial charge in [0, 0.05) is 17.8 Å². The first-order chi connectivity index (χ1) is 9.52. The maximum absolute atomic E-state index is 13.9. The Bertz CT molecular complexity index is 693. The number of nitrogens with one attached hydrogen (secondary N) is 1. The van der Waals surface area contributed by atoms with Crippen molar-refractivity contribution in [2.75, 3.05) is 5.32 Å². The maximum atomic E-state index is 13.9. The molecule has 2 rings (SSSR count). The van der Waals surface area contributed by atoms with Gasteiger partial charge in [0.2, 0.25) is 0 Å². The molecule has 0 amide bonds. The summed E-state index contributed by atoms with van der Waals surface area (Å²) in [5.74, 6) is -0.929. The topological polar surface area (TPSA) is 35.8 Å². The van der Waals surface area contributed by atoms with Crippen LogP contribution in [0, 0.1) is 29.9 Å². The van der Waals surface area contributed by atoms with Crippen LogP contribution in [0.15, 0.2) is 34.8 Å². The Labute approximate surface area is 124 Å². The Morgan fingerprint density at radius 1 is 1.30 bits per heavy atom. The Hall–Kier alpha value is -1.93. The molecule has 102 valence electrons. The normalized spacial score (nSPS) is 10.2. The second kappa shape index (κ2) is 6.02. The zero-order chi connectivity index (χ0) is 14.7. The van der Waals surface area contributed by atoms with Gasteiger partial charge in [0.15, 0.2) is 0 Å². The van der Waals surface area contributed by atoms with Crippen molar-refractivity contribution in [2.45, 2.75) is 13.5 Å². The molecule has 0 radical (unpaired) electrons. The predicted octanol–water partition coefficient (Wildman–Crippen LogP) is 4.52. The lowest BCUT2D eigenvalue weighted by molar-refractivity contribution is 0.608. The highest BCUT2D eigenvalue weighted by molar-refractivity contribution is 9.10. The monoisotopic (exact) mass is 336 g/mol. The largest absolute Gasteiger partial charge is 0.381 e. The van der Waals surface area contributed by atoms with Crippen molar-refractivity contribution in [2.24, 2.45) is 0 Å². The number of aryl methyl sites for hydroxylation is 1. The van der Waals surface area contributed by atoms with Gasteiger partial charge in [-0.15, -0.1) is 0 Å². The van der Waals surface area contributed by atoms with E-state index in [-0.39, 0.29) is 17.9 Å². The summed E-state index contributed by atoms with van der Waals surface area (Å²) < 4.78 is 27.7. The molecule has 1 N–H and O–H groups in total. The minimum Gasteiger partial charge on any atom is -0.381 e. The lowest BCUT2D eigenvalue weighted by atomic mass is 10.1. The molecule has 5 heteroatoms. The van der Waals surface area contributed by atoms with Crippen molar-refractivity contribution in [1.29, 1.82) is 5.26 Å². The van der Waals surface area contributed by atoms with E-state index in [1.807, 2.05) is 6.92 Å². The fraction of sp³-hybridized carbons (Fsp3) is 0.133. The molecule has 2 aromatic carbocycles. The molecule has 0 aliphatic heterocycles. The van der Waals surface area contributed by atoms with Crippen LogP contribution >= 0.6 is 15.9 Å². The molecule has 0 aromatic heterocycles. The molecule has 20 heavy (non-hydrogen) atoms. The van der Waals surface area contributed by atoms with Crippen molar-refractivity contribution in [3.05, 3.63) is 63.1 Å². The van der Waals surface area contributed by atoms with E-state index in [0.717, 1.165) is 5.56 Å². The van der Waals surface area contributed by atoms with Crippen molar-refractivity contribution in [3.63, 3.8) is 0 Å². The highest BCUT2D eigenvalue weighted by atomic mass is 79.9. The van der Waals surface area contributed by atoms with Gasteiger partial charge in [-0.25, -0.2) is 8.78 Å². The number of anilines is 1. The lowest BCUT2D eigenvalue weighted by Gasteiger charge is -2.11. The Balaban J connectivity index is 2.22. The van der Waals surface area contributed by atoms with Crippen molar-refractivity contribution in [1.82, 2.24) is 0 Å². The standard InChI is InChI=1S/C15H11BrF2N2/c1-9-5-12(16)13(17)6-14(9)20-8-11-4-2-3-10(7-19)15(11)18/h2-6,20H,8H2,1H3. The molecule has 0 bridgehead atoms. The SMILES string of the molecule is Cc1cc(Br)c(F)cc1NCc1cccc(C#N)c1F. The molecule has 0 aliphatic carbocycles. The Kier molecular flexibility index (Phi) is 4.35. The molecule has 0 heterocycles. The lowest BCUT2D eigenvalue weighted by Crippen LogP contribution is -2.04. The number of hydrogen-bond donors (Lipinski definition) is 1. The van der Waals surface area contributed by atoms with E-state index in [4.69, 9.17) is 5.26 Å². The van der Waals surface area contributed by atoms with Gasteiger partial charge in [0.25, 0.3) is 0 Å². The molecular weight excluding hydrogens is 326 g/mol. The molecule has 2 nitrogen and oxygen atoms in total. The van der Waals surface area contributed by atoms with E-state index in [0.29, 0.717) is 15.7 Å². The van der Waals surface area contributed by atoms with Crippen LogP contribution in [0.1, 0.15) is 16.7 Å². The summed E-state index contributed by atoms with van der Waals surface area (Å²) >= 11 is 3.11. The van der Waals surface area contributed by atoms with E-state index in [9.17, 15) is 8.78 Å². The van der Waals surface area contributed by atoms with Crippen LogP contribution in [-0.4, -0.2) is 0 Å². The molecule has 0 aliphatic rings. The van der Waals surface area contributed by atoms with Crippen molar-refractivity contribution >= 4 is 21.6 Å². The van der Waals surface area contributed by atoms with Gasteiger partial charge in [-0.1, -0.05) is 12.1 Å². The predicted molar refractivity (Wildman–Crippen MR) is 77.3 cm³/mol. The Morgan fingerprint density at radius 2 is 2.05 bits per heavy atom. The minimum absolute atomic E-state index is 0.00279. The molecule has 0 unspecified atom stereocenters. The van der Waals surface area contributed by atoms with Crippen LogP contribution < -0.4 is 5.32 Å². The summed E-state index contributed by atoms with van der Waals surface area (Å²) in [6.45, 7) is 2.01. The average Bonchev–Trinajstić information content (AvgIpc) is 2.43. The van der Waals surface area contributed by atoms with Crippen molar-refractivity contribution < 1.29 is 8.78 Å². The highest BCUT2D eigenvalue weighted by Gasteiger charge is 2.09. The van der Waals surface area contributed by atoms with Gasteiger partial charge in [-0.05, 0) is 46.6 Å². The number of hydrogen-bond acceptors (Lipinski definition) is 2. The summed E-state index contributed by atoms with van der Waals surface area (Å²) in [6, 6.07) is 9.43. The first kappa shape index (κ1) is 14.5. The summed E-state index contributed by atoms with van der Waals surface area (Å²) in [5.41, 5.74) is 1.80. The summed E-state index contributed by atoms with van der Waals surface area (Å²) in [7, 11) is 0. The second-order valence-corrected chi connectivity index (χ2v) is 5.18. The van der Waals surface area contributed by atoms with Crippen LogP contribution in [0.25, 0.3) is 0 Å². The van der Waals surface area contributed by atoms with Gasteiger partial charge in [0.1, 0.15) is 17.7 Å². The summed E-state index contributed by atoms with van der Waals surface area (Å²) in [6.07, 6.45) is 0. The van der Waals surface area contributed by atoms with Gasteiger partial charge in [0.05, 0.1) is 10.0 Å². The first-order valence-corrected chi connectivity index (χ1v) is 6.69. The number of rotatable bonds is 3. The van der Waals surface area contributed by atoms with E-state index in [1.165, 1.54) is 12.1 Å². The van der Waals surface area contributed by atoms with Crippen LogP contribution in [0.5, 0.6) is 0 Å². The molecule has 0 saturated carbocycles. The van der Waals surface area contributed by atoms with E-state index >= 15 is 0 Å². The van der Waals surface area contributed by atoms with Gasteiger partial charge >= 0.3 is 0 Å². The molecule has 2 aromatic rings. The molecule has 0 spiro atoms. The second-order valence-electron chi connectivity index (χ2n) is 4.33. The third kappa shape index (κ3) is 2.97. The van der Waals surface area contributed by atoms with Crippen LogP contribution in [-0.2, 0) is 6.54 Å². The fourth-order valence-electron chi connectivity index (χ4n) is 1.83. The van der Waals surface area contributed by atoms with Crippen molar-refractivity contribution in [3.8, 4) is 6.07 Å². The zero-order valence-electron chi connectivity index (χ0n) is 10.7. The number of nitriles is 1. The quantitative estimate of drug-likeness (QED) is 0.894. The molecular formula is C15H11BrF2N2. The van der Waals surface area contributed by atoms with E-state index < -0.39 is 5.82 Å². The third-order valence-electron chi connectivity index (χ3n) is 2.94. The maximum Gasteiger partial charge on any atom is 0.145 e. The first-order valence-electron chi connectivity index (χ1n) is 5.90. The molecule has 0 atom stereocenters. The zero-order valence-corrected chi connectivity index (χ0v) is 12.3. The number of benzene rings is 2. The Morgan fingerprint density at radius 3 is 2.75 bits per heavy atom. The van der Waals surface area contributed by atoms with Gasteiger partial charge < -0.3 is 5.32 Å². The van der Waals surface area contributed by atoms with Crippen LogP contribution in [0.4, 0.5) is 14.5 Å². The minimum atomic E-state index is -0.544. The van der Waals surface area contributed by atoms with Crippen LogP contribution in [0.3, 0.4) is 0 Å². The highest BCUT2D eigenvalue weighted by Crippen LogP contribution is 2.24. The molecule has 0 fully saturated rings. The number of nitrogens with zero attached hydrogens (tertiary/aromatic N) is 1. The van der Waals surface area contributed by atoms with E-state index in [1.54, 1.807) is 24.3 Å². The third-order valence-corrected chi connectivity index (χ3v) is 3.54.